The Kier molecular flexibility index (Phi) is 13.7. The van der Waals surface area contributed by atoms with Crippen molar-refractivity contribution in [3.63, 3.8) is 0 Å². The van der Waals surface area contributed by atoms with E-state index in [0.717, 1.165) is 56.9 Å². The number of rotatable bonds is 18. The zero-order chi connectivity index (χ0) is 51.4. The molecule has 7 aromatic carbocycles. The summed E-state index contributed by atoms with van der Waals surface area (Å²) in [6.07, 6.45) is 12.8. The van der Waals surface area contributed by atoms with Crippen molar-refractivity contribution in [1.29, 1.82) is 0 Å². The van der Waals surface area contributed by atoms with Crippen LogP contribution in [0.15, 0.2) is 133 Å². The Hall–Kier alpha value is -6.26. The number of ether oxygens (including phenoxy) is 4. The molecule has 0 bridgehead atoms. The molecule has 4 heteroatoms. The van der Waals surface area contributed by atoms with Gasteiger partial charge in [-0.15, -0.1) is 0 Å². The third kappa shape index (κ3) is 8.36. The monoisotopic (exact) mass is 971 g/mol. The van der Waals surface area contributed by atoms with E-state index in [4.69, 9.17) is 18.9 Å². The molecule has 3 aliphatic rings. The van der Waals surface area contributed by atoms with Gasteiger partial charge in [0, 0.05) is 32.9 Å². The molecule has 6 atom stereocenters. The summed E-state index contributed by atoms with van der Waals surface area (Å²) in [6.45, 7) is 23.7. The van der Waals surface area contributed by atoms with Crippen molar-refractivity contribution >= 4 is 16.8 Å². The summed E-state index contributed by atoms with van der Waals surface area (Å²) in [7, 11) is 3.47. The number of fused-ring (bicyclic) bond motifs is 11. The number of hydrogen-bond donors (Lipinski definition) is 0. The second-order valence-electron chi connectivity index (χ2n) is 22.5. The summed E-state index contributed by atoms with van der Waals surface area (Å²) < 4.78 is 25.6. The molecule has 4 nitrogen and oxygen atoms in total. The summed E-state index contributed by atoms with van der Waals surface area (Å²) >= 11 is 0. The van der Waals surface area contributed by atoms with Crippen molar-refractivity contribution in [3.8, 4) is 56.4 Å². The van der Waals surface area contributed by atoms with E-state index in [1.54, 1.807) is 19.8 Å². The fourth-order valence-corrected chi connectivity index (χ4v) is 13.4. The highest BCUT2D eigenvalue weighted by atomic mass is 16.5. The molecule has 10 rings (SSSR count). The van der Waals surface area contributed by atoms with Gasteiger partial charge in [0.25, 0.3) is 0 Å². The lowest BCUT2D eigenvalue weighted by molar-refractivity contribution is 0.163. The van der Waals surface area contributed by atoms with Crippen LogP contribution >= 0.6 is 0 Å². The molecule has 0 radical (unpaired) electrons. The highest BCUT2D eigenvalue weighted by Gasteiger charge is 2.48. The lowest BCUT2D eigenvalue weighted by Crippen LogP contribution is -2.35. The van der Waals surface area contributed by atoms with Gasteiger partial charge in [-0.3, -0.25) is 0 Å². The molecule has 2 aliphatic carbocycles. The number of methoxy groups -OCH3 is 2. The first-order valence-electron chi connectivity index (χ1n) is 27.7. The van der Waals surface area contributed by atoms with E-state index in [1.165, 1.54) is 88.6 Å². The largest absolute Gasteiger partial charge is 0.497 e. The molecule has 7 aromatic rings. The lowest BCUT2D eigenvalue weighted by Gasteiger charge is -2.41. The van der Waals surface area contributed by atoms with Crippen molar-refractivity contribution in [2.45, 2.75) is 137 Å². The minimum Gasteiger partial charge on any atom is -0.497 e. The molecule has 0 saturated heterocycles. The van der Waals surface area contributed by atoms with Gasteiger partial charge in [-0.2, -0.15) is 0 Å². The Balaban J connectivity index is 1.13. The minimum atomic E-state index is -0.933. The highest BCUT2D eigenvalue weighted by molar-refractivity contribution is 6.09. The van der Waals surface area contributed by atoms with E-state index >= 15 is 0 Å². The van der Waals surface area contributed by atoms with Crippen LogP contribution in [-0.4, -0.2) is 20.3 Å². The van der Waals surface area contributed by atoms with Crippen molar-refractivity contribution < 1.29 is 18.9 Å². The van der Waals surface area contributed by atoms with Gasteiger partial charge in [0.15, 0.2) is 5.60 Å². The van der Waals surface area contributed by atoms with Gasteiger partial charge in [0.05, 0.1) is 20.3 Å². The summed E-state index contributed by atoms with van der Waals surface area (Å²) in [5.41, 5.74) is 15.4. The van der Waals surface area contributed by atoms with E-state index < -0.39 is 5.60 Å². The first-order valence-corrected chi connectivity index (χ1v) is 27.7. The summed E-state index contributed by atoms with van der Waals surface area (Å²) in [5.74, 6) is 5.93. The van der Waals surface area contributed by atoms with Crippen molar-refractivity contribution in [3.05, 3.63) is 172 Å². The first kappa shape index (κ1) is 50.3. The fourth-order valence-electron chi connectivity index (χ4n) is 13.4. The average molecular weight is 971 g/mol. The molecule has 0 fully saturated rings. The maximum atomic E-state index is 7.70. The van der Waals surface area contributed by atoms with Crippen LogP contribution in [0.5, 0.6) is 23.0 Å². The molecule has 1 aliphatic heterocycles. The van der Waals surface area contributed by atoms with Crippen LogP contribution < -0.4 is 18.9 Å². The molecule has 0 spiro atoms. The minimum absolute atomic E-state index is 0.0593. The van der Waals surface area contributed by atoms with Crippen LogP contribution in [0.2, 0.25) is 0 Å². The standard InChI is InChI=1S/C69H78O4/c1-13-43(6)46(16-4)41-68(42-47(17-5)44(7)14-2)61-21-19-18-20-55(61)56-33-22-49(39-63(56)68)48-23-34-58-62(38-48)67(9,10)65-59-36-37-69(50-24-28-52(70-11)29-25-50,51-26-30-53(31-27-51)72-45(8)15-3)73-66(59)57-35-32-54(71-12)40-60(57)64(58)65/h18-40,43-47H,13-17,41-42H2,1-12H3. The zero-order valence-corrected chi connectivity index (χ0v) is 45.7. The molecule has 6 unspecified atom stereocenters. The maximum Gasteiger partial charge on any atom is 0.178 e. The molecule has 1 heterocycles. The van der Waals surface area contributed by atoms with Gasteiger partial charge in [0.1, 0.15) is 23.0 Å². The third-order valence-corrected chi connectivity index (χ3v) is 18.3. The Morgan fingerprint density at radius 1 is 0.521 bits per heavy atom. The molecule has 0 N–H and O–H groups in total. The molecule has 0 amide bonds. The summed E-state index contributed by atoms with van der Waals surface area (Å²) in [5, 5.41) is 2.18. The number of benzene rings is 7. The van der Waals surface area contributed by atoms with Crippen LogP contribution in [0.3, 0.4) is 0 Å². The predicted octanol–water partition coefficient (Wildman–Crippen LogP) is 18.5. The van der Waals surface area contributed by atoms with E-state index in [9.17, 15) is 0 Å². The molecule has 378 valence electrons. The lowest BCUT2D eigenvalue weighted by atomic mass is 9.63. The normalized spacial score (nSPS) is 19.9. The van der Waals surface area contributed by atoms with Gasteiger partial charge in [-0.05, 0) is 172 Å². The maximum absolute atomic E-state index is 7.70. The highest BCUT2D eigenvalue weighted by Crippen LogP contribution is 2.61. The Labute approximate surface area is 437 Å². The first-order chi connectivity index (χ1) is 35.3. The smallest absolute Gasteiger partial charge is 0.178 e. The van der Waals surface area contributed by atoms with Crippen LogP contribution in [0.4, 0.5) is 0 Å². The SMILES string of the molecule is CCC(C)Oc1ccc(C2(c3ccc(OC)cc3)C=Cc3c4c(c5cc(OC)ccc5c3O2)-c2ccc(-c3ccc5c(c3)C(CC(CC)C(C)CC)(CC(CC)C(C)CC)c3ccccc3-5)cc2C4(C)C)cc1. The van der Waals surface area contributed by atoms with Gasteiger partial charge in [0.2, 0.25) is 0 Å². The Bertz CT molecular complexity index is 3150. The number of hydrogen-bond acceptors (Lipinski definition) is 4. The van der Waals surface area contributed by atoms with Crippen LogP contribution in [0, 0.1) is 23.7 Å². The van der Waals surface area contributed by atoms with E-state index in [-0.39, 0.29) is 16.9 Å². The topological polar surface area (TPSA) is 36.9 Å². The van der Waals surface area contributed by atoms with Gasteiger partial charge >= 0.3 is 0 Å². The molecule has 0 aromatic heterocycles. The van der Waals surface area contributed by atoms with Crippen LogP contribution in [0.1, 0.15) is 153 Å². The van der Waals surface area contributed by atoms with Gasteiger partial charge in [-0.25, -0.2) is 0 Å². The second-order valence-corrected chi connectivity index (χ2v) is 22.5. The van der Waals surface area contributed by atoms with Crippen LogP contribution in [-0.2, 0) is 16.4 Å². The Morgan fingerprint density at radius 2 is 1.08 bits per heavy atom. The van der Waals surface area contributed by atoms with E-state index in [1.807, 2.05) is 12.1 Å². The van der Waals surface area contributed by atoms with Gasteiger partial charge in [-0.1, -0.05) is 167 Å². The van der Waals surface area contributed by atoms with Crippen molar-refractivity contribution in [1.82, 2.24) is 0 Å². The van der Waals surface area contributed by atoms with E-state index in [2.05, 4.69) is 197 Å². The molecule has 0 saturated carbocycles. The third-order valence-electron chi connectivity index (χ3n) is 18.3. The van der Waals surface area contributed by atoms with Crippen molar-refractivity contribution in [2.24, 2.45) is 23.7 Å². The quantitative estimate of drug-likeness (QED) is 0.0859. The summed E-state index contributed by atoms with van der Waals surface area (Å²) in [4.78, 5) is 0. The molecular formula is C69H78O4. The van der Waals surface area contributed by atoms with Crippen molar-refractivity contribution in [2.75, 3.05) is 14.2 Å². The van der Waals surface area contributed by atoms with Crippen LogP contribution in [0.25, 0.3) is 50.2 Å². The predicted molar refractivity (Wildman–Crippen MR) is 306 cm³/mol. The Morgan fingerprint density at radius 3 is 1.67 bits per heavy atom. The fraction of sp³-hybridized carbons (Fsp3) is 0.391. The van der Waals surface area contributed by atoms with E-state index in [0.29, 0.717) is 23.7 Å². The zero-order valence-electron chi connectivity index (χ0n) is 45.7. The average Bonchev–Trinajstić information content (AvgIpc) is 3.86. The molecular weight excluding hydrogens is 893 g/mol. The second kappa shape index (κ2) is 19.9. The molecule has 73 heavy (non-hydrogen) atoms. The van der Waals surface area contributed by atoms with Gasteiger partial charge < -0.3 is 18.9 Å². The summed E-state index contributed by atoms with van der Waals surface area (Å²) in [6, 6.07) is 47.5.